The minimum absolute atomic E-state index is 0.393. The van der Waals surface area contributed by atoms with Gasteiger partial charge in [-0.05, 0) is 18.2 Å². The summed E-state index contributed by atoms with van der Waals surface area (Å²) in [6, 6.07) is 10.2. The van der Waals surface area contributed by atoms with Crippen molar-refractivity contribution in [3.05, 3.63) is 47.1 Å². The Morgan fingerprint density at radius 3 is 2.71 bits per heavy atom. The van der Waals surface area contributed by atoms with E-state index in [1.807, 2.05) is 6.07 Å². The number of hydrogen-bond acceptors (Lipinski definition) is 4. The first-order chi connectivity index (χ1) is 8.19. The van der Waals surface area contributed by atoms with Gasteiger partial charge >= 0.3 is 0 Å². The van der Waals surface area contributed by atoms with Crippen molar-refractivity contribution >= 4 is 17.3 Å². The van der Waals surface area contributed by atoms with E-state index in [0.29, 0.717) is 27.9 Å². The average Bonchev–Trinajstić information content (AvgIpc) is 2.35. The van der Waals surface area contributed by atoms with Gasteiger partial charge in [-0.3, -0.25) is 0 Å². The van der Waals surface area contributed by atoms with Gasteiger partial charge in [-0.25, -0.2) is 4.98 Å². The average molecular weight is 246 g/mol. The van der Waals surface area contributed by atoms with Gasteiger partial charge in [-0.15, -0.1) is 0 Å². The zero-order valence-electron chi connectivity index (χ0n) is 8.72. The maximum atomic E-state index is 8.62. The van der Waals surface area contributed by atoms with Crippen molar-refractivity contribution < 1.29 is 4.74 Å². The minimum atomic E-state index is 0.393. The number of ether oxygens (including phenoxy) is 1. The molecule has 4 nitrogen and oxygen atoms in total. The molecule has 0 fully saturated rings. The molecule has 2 aromatic rings. The van der Waals surface area contributed by atoms with E-state index in [4.69, 9.17) is 27.3 Å². The van der Waals surface area contributed by atoms with Crippen LogP contribution in [0, 0.1) is 11.3 Å². The third-order valence-corrected chi connectivity index (χ3v) is 2.39. The Morgan fingerprint density at radius 1 is 1.29 bits per heavy atom. The molecular formula is C12H8ClN3O. The number of nitrogens with two attached hydrogens (primary N) is 1. The van der Waals surface area contributed by atoms with E-state index in [0.717, 1.165) is 0 Å². The van der Waals surface area contributed by atoms with Crippen LogP contribution < -0.4 is 10.5 Å². The summed E-state index contributed by atoms with van der Waals surface area (Å²) in [6.45, 7) is 0. The fourth-order valence-electron chi connectivity index (χ4n) is 1.20. The number of nitrogens with zero attached hydrogens (tertiary/aromatic N) is 2. The lowest BCUT2D eigenvalue weighted by Crippen LogP contribution is -1.90. The second-order valence-electron chi connectivity index (χ2n) is 3.28. The van der Waals surface area contributed by atoms with Crippen LogP contribution >= 0.6 is 11.6 Å². The molecular weight excluding hydrogens is 238 g/mol. The van der Waals surface area contributed by atoms with Crippen LogP contribution in [0.3, 0.4) is 0 Å². The fourth-order valence-corrected chi connectivity index (χ4v) is 1.37. The Balaban J connectivity index is 2.20. The maximum Gasteiger partial charge on any atom is 0.219 e. The SMILES string of the molecule is N#Cc1ccc(Oc2ccc(N)c(Cl)c2)nc1. The third kappa shape index (κ3) is 2.65. The Kier molecular flexibility index (Phi) is 3.12. The molecule has 0 radical (unpaired) electrons. The van der Waals surface area contributed by atoms with Crippen LogP contribution in [0.25, 0.3) is 0 Å². The molecule has 0 aliphatic carbocycles. The van der Waals surface area contributed by atoms with Gasteiger partial charge in [-0.2, -0.15) is 5.26 Å². The van der Waals surface area contributed by atoms with Crippen molar-refractivity contribution in [2.45, 2.75) is 0 Å². The minimum Gasteiger partial charge on any atom is -0.439 e. The first kappa shape index (κ1) is 11.2. The molecule has 0 spiro atoms. The van der Waals surface area contributed by atoms with Crippen LogP contribution in [0.4, 0.5) is 5.69 Å². The molecule has 0 aliphatic heterocycles. The number of nitrogen functional groups attached to an aromatic ring is 1. The van der Waals surface area contributed by atoms with Gasteiger partial charge in [0.15, 0.2) is 0 Å². The molecule has 17 heavy (non-hydrogen) atoms. The van der Waals surface area contributed by atoms with E-state index in [-0.39, 0.29) is 0 Å². The van der Waals surface area contributed by atoms with Crippen LogP contribution in [-0.4, -0.2) is 4.98 Å². The molecule has 0 bridgehead atoms. The number of hydrogen-bond donors (Lipinski definition) is 1. The van der Waals surface area contributed by atoms with Gasteiger partial charge in [-0.1, -0.05) is 11.6 Å². The smallest absolute Gasteiger partial charge is 0.219 e. The molecule has 5 heteroatoms. The first-order valence-corrected chi connectivity index (χ1v) is 5.16. The van der Waals surface area contributed by atoms with E-state index in [2.05, 4.69) is 4.98 Å². The highest BCUT2D eigenvalue weighted by Gasteiger charge is 2.02. The van der Waals surface area contributed by atoms with Crippen LogP contribution in [0.15, 0.2) is 36.5 Å². The summed E-state index contributed by atoms with van der Waals surface area (Å²) in [6.07, 6.45) is 1.44. The third-order valence-electron chi connectivity index (χ3n) is 2.06. The molecule has 0 saturated carbocycles. The molecule has 0 saturated heterocycles. The first-order valence-electron chi connectivity index (χ1n) is 4.78. The predicted octanol–water partition coefficient (Wildman–Crippen LogP) is 2.98. The quantitative estimate of drug-likeness (QED) is 0.826. The van der Waals surface area contributed by atoms with Crippen LogP contribution in [-0.2, 0) is 0 Å². The number of rotatable bonds is 2. The van der Waals surface area contributed by atoms with Gasteiger partial charge in [0, 0.05) is 18.3 Å². The topological polar surface area (TPSA) is 71.9 Å². The lowest BCUT2D eigenvalue weighted by molar-refractivity contribution is 0.463. The number of aromatic nitrogens is 1. The van der Waals surface area contributed by atoms with Crippen molar-refractivity contribution in [1.29, 1.82) is 5.26 Å². The molecule has 0 amide bonds. The van der Waals surface area contributed by atoms with Crippen LogP contribution in [0.1, 0.15) is 5.56 Å². The molecule has 84 valence electrons. The van der Waals surface area contributed by atoms with E-state index >= 15 is 0 Å². The standard InChI is InChI=1S/C12H8ClN3O/c13-10-5-9(2-3-11(10)15)17-12-4-1-8(6-14)7-16-12/h1-5,7H,15H2. The summed E-state index contributed by atoms with van der Waals surface area (Å²) in [5.74, 6) is 0.936. The van der Waals surface area contributed by atoms with Crippen molar-refractivity contribution in [2.75, 3.05) is 5.73 Å². The second-order valence-corrected chi connectivity index (χ2v) is 3.69. The Bertz CT molecular complexity index is 575. The van der Waals surface area contributed by atoms with Crippen molar-refractivity contribution in [2.24, 2.45) is 0 Å². The Morgan fingerprint density at radius 2 is 2.12 bits per heavy atom. The van der Waals surface area contributed by atoms with Crippen molar-refractivity contribution in [3.63, 3.8) is 0 Å². The molecule has 1 heterocycles. The van der Waals surface area contributed by atoms with E-state index in [1.54, 1.807) is 30.3 Å². The normalized spacial score (nSPS) is 9.65. The lowest BCUT2D eigenvalue weighted by Gasteiger charge is -2.05. The van der Waals surface area contributed by atoms with Gasteiger partial charge in [0.05, 0.1) is 16.3 Å². The molecule has 0 unspecified atom stereocenters. The number of halogens is 1. The molecule has 0 aliphatic rings. The maximum absolute atomic E-state index is 8.62. The summed E-state index contributed by atoms with van der Waals surface area (Å²) >= 11 is 5.86. The highest BCUT2D eigenvalue weighted by Crippen LogP contribution is 2.27. The van der Waals surface area contributed by atoms with Gasteiger partial charge in [0.2, 0.25) is 5.88 Å². The van der Waals surface area contributed by atoms with E-state index < -0.39 is 0 Å². The van der Waals surface area contributed by atoms with Crippen molar-refractivity contribution in [3.8, 4) is 17.7 Å². The van der Waals surface area contributed by atoms with Crippen LogP contribution in [0.2, 0.25) is 5.02 Å². The fraction of sp³-hybridized carbons (Fsp3) is 0. The molecule has 1 aromatic heterocycles. The zero-order chi connectivity index (χ0) is 12.3. The zero-order valence-corrected chi connectivity index (χ0v) is 9.48. The number of anilines is 1. The van der Waals surface area contributed by atoms with Gasteiger partial charge in [0.25, 0.3) is 0 Å². The Labute approximate surface area is 103 Å². The second kappa shape index (κ2) is 4.73. The summed E-state index contributed by atoms with van der Waals surface area (Å²) in [5.41, 5.74) is 6.55. The summed E-state index contributed by atoms with van der Waals surface area (Å²) in [5, 5.41) is 9.05. The van der Waals surface area contributed by atoms with Gasteiger partial charge in [0.1, 0.15) is 11.8 Å². The molecule has 2 N–H and O–H groups in total. The Hall–Kier alpha value is -2.25. The molecule has 1 aromatic carbocycles. The molecule has 2 rings (SSSR count). The lowest BCUT2D eigenvalue weighted by atomic mass is 10.3. The van der Waals surface area contributed by atoms with E-state index in [9.17, 15) is 0 Å². The summed E-state index contributed by atoms with van der Waals surface area (Å²) in [7, 11) is 0. The molecule has 0 atom stereocenters. The van der Waals surface area contributed by atoms with Crippen LogP contribution in [0.5, 0.6) is 11.6 Å². The van der Waals surface area contributed by atoms with Crippen molar-refractivity contribution in [1.82, 2.24) is 4.98 Å². The summed E-state index contributed by atoms with van der Waals surface area (Å²) in [4.78, 5) is 3.98. The highest BCUT2D eigenvalue weighted by atomic mass is 35.5. The number of benzene rings is 1. The number of pyridine rings is 1. The van der Waals surface area contributed by atoms with Gasteiger partial charge < -0.3 is 10.5 Å². The summed E-state index contributed by atoms with van der Waals surface area (Å²) < 4.78 is 5.45. The van der Waals surface area contributed by atoms with E-state index in [1.165, 1.54) is 6.20 Å². The highest BCUT2D eigenvalue weighted by molar-refractivity contribution is 6.33. The monoisotopic (exact) mass is 245 g/mol. The number of nitriles is 1. The largest absolute Gasteiger partial charge is 0.439 e. The predicted molar refractivity (Wildman–Crippen MR) is 64.9 cm³/mol.